The van der Waals surface area contributed by atoms with Gasteiger partial charge in [0, 0.05) is 24.3 Å². The fourth-order valence-corrected chi connectivity index (χ4v) is 5.00. The van der Waals surface area contributed by atoms with Crippen LogP contribution >= 0.6 is 0 Å². The predicted octanol–water partition coefficient (Wildman–Crippen LogP) is 3.28. The van der Waals surface area contributed by atoms with Crippen molar-refractivity contribution >= 4 is 11.8 Å². The molecule has 2 aliphatic carbocycles. The Morgan fingerprint density at radius 1 is 1.33 bits per heavy atom. The molecule has 3 fully saturated rings. The van der Waals surface area contributed by atoms with Gasteiger partial charge in [-0.15, -0.1) is 0 Å². The van der Waals surface area contributed by atoms with Crippen LogP contribution in [0, 0.1) is 23.2 Å². The third-order valence-electron chi connectivity index (χ3n) is 6.05. The predicted molar refractivity (Wildman–Crippen MR) is 74.2 cm³/mol. The molecule has 0 bridgehead atoms. The van der Waals surface area contributed by atoms with Crippen LogP contribution in [0.15, 0.2) is 23.0 Å². The molecule has 1 unspecified atom stereocenters. The summed E-state index contributed by atoms with van der Waals surface area (Å²) in [6.07, 6.45) is 7.17. The van der Waals surface area contributed by atoms with Gasteiger partial charge in [0.2, 0.25) is 0 Å². The van der Waals surface area contributed by atoms with Crippen LogP contribution in [-0.4, -0.2) is 11.8 Å². The van der Waals surface area contributed by atoms with E-state index >= 15 is 0 Å². The van der Waals surface area contributed by atoms with Gasteiger partial charge in [-0.2, -0.15) is 0 Å². The number of hydrogen-bond donors (Lipinski definition) is 0. The molecule has 2 heterocycles. The number of carbonyl (C=O) groups excluding carboxylic acids is 2. The molecule has 1 spiro atoms. The van der Waals surface area contributed by atoms with Crippen LogP contribution in [0.1, 0.15) is 50.7 Å². The van der Waals surface area contributed by atoms with Crippen LogP contribution in [0.2, 0.25) is 0 Å². The summed E-state index contributed by atoms with van der Waals surface area (Å²) in [5.41, 5.74) is 0.473. The Kier molecular flexibility index (Phi) is 2.78. The molecule has 0 amide bonds. The zero-order chi connectivity index (χ0) is 14.6. The molecular formula is C17H20O4. The van der Waals surface area contributed by atoms with Crippen molar-refractivity contribution in [3.8, 4) is 0 Å². The monoisotopic (exact) mass is 288 g/mol. The number of Topliss-reactive ketones (excluding diaryl/α,β-unsaturated/α-hetero) is 1. The van der Waals surface area contributed by atoms with Gasteiger partial charge in [0.25, 0.3) is 0 Å². The zero-order valence-electron chi connectivity index (χ0n) is 12.2. The third-order valence-corrected chi connectivity index (χ3v) is 6.05. The first kappa shape index (κ1) is 13.1. The first-order valence-electron chi connectivity index (χ1n) is 7.89. The number of esters is 1. The van der Waals surface area contributed by atoms with E-state index in [9.17, 15) is 9.59 Å². The average molecular weight is 288 g/mol. The molecule has 21 heavy (non-hydrogen) atoms. The lowest BCUT2D eigenvalue weighted by Gasteiger charge is -2.34. The number of fused-ring (bicyclic) bond motifs is 2. The zero-order valence-corrected chi connectivity index (χ0v) is 12.2. The summed E-state index contributed by atoms with van der Waals surface area (Å²) in [6, 6.07) is 1.86. The molecule has 0 aromatic carbocycles. The quantitative estimate of drug-likeness (QED) is 0.744. The molecular weight excluding hydrogens is 268 g/mol. The normalized spacial score (nSPS) is 42.3. The van der Waals surface area contributed by atoms with Gasteiger partial charge in [0.15, 0.2) is 0 Å². The molecule has 5 atom stereocenters. The number of cyclic esters (lactones) is 1. The lowest BCUT2D eigenvalue weighted by molar-refractivity contribution is -0.153. The number of furan rings is 1. The van der Waals surface area contributed by atoms with Gasteiger partial charge in [-0.05, 0) is 37.2 Å². The van der Waals surface area contributed by atoms with Crippen molar-refractivity contribution in [1.29, 1.82) is 0 Å². The number of ketones is 1. The van der Waals surface area contributed by atoms with Crippen LogP contribution in [-0.2, 0) is 14.3 Å². The summed E-state index contributed by atoms with van der Waals surface area (Å²) in [7, 11) is 0. The van der Waals surface area contributed by atoms with Crippen molar-refractivity contribution in [2.24, 2.45) is 23.2 Å². The van der Waals surface area contributed by atoms with Crippen molar-refractivity contribution in [1.82, 2.24) is 0 Å². The number of rotatable bonds is 1. The molecule has 0 N–H and O–H groups in total. The van der Waals surface area contributed by atoms with Crippen molar-refractivity contribution in [2.75, 3.05) is 0 Å². The Balaban J connectivity index is 1.69. The van der Waals surface area contributed by atoms with Crippen molar-refractivity contribution in [3.63, 3.8) is 0 Å². The maximum Gasteiger partial charge on any atom is 0.313 e. The van der Waals surface area contributed by atoms with Gasteiger partial charge >= 0.3 is 5.97 Å². The summed E-state index contributed by atoms with van der Waals surface area (Å²) < 4.78 is 10.8. The van der Waals surface area contributed by atoms with Gasteiger partial charge in [-0.3, -0.25) is 9.59 Å². The Hall–Kier alpha value is -1.58. The maximum absolute atomic E-state index is 12.7. The second-order valence-corrected chi connectivity index (χ2v) is 6.90. The molecule has 4 rings (SSSR count). The minimum atomic E-state index is -0.456. The van der Waals surface area contributed by atoms with E-state index in [1.807, 2.05) is 6.07 Å². The number of hydrogen-bond acceptors (Lipinski definition) is 4. The third kappa shape index (κ3) is 1.68. The van der Waals surface area contributed by atoms with Crippen LogP contribution in [0.4, 0.5) is 0 Å². The molecule has 112 valence electrons. The Morgan fingerprint density at radius 2 is 2.19 bits per heavy atom. The minimum Gasteiger partial charge on any atom is -0.472 e. The molecule has 0 radical (unpaired) electrons. The largest absolute Gasteiger partial charge is 0.472 e. The van der Waals surface area contributed by atoms with Gasteiger partial charge in [-0.25, -0.2) is 0 Å². The highest BCUT2D eigenvalue weighted by Gasteiger charge is 2.64. The summed E-state index contributed by atoms with van der Waals surface area (Å²) in [5, 5.41) is 0. The van der Waals surface area contributed by atoms with E-state index in [4.69, 9.17) is 9.15 Å². The van der Waals surface area contributed by atoms with E-state index < -0.39 is 5.41 Å². The van der Waals surface area contributed by atoms with Crippen LogP contribution in [0.25, 0.3) is 0 Å². The highest BCUT2D eigenvalue weighted by atomic mass is 16.6. The molecule has 4 nitrogen and oxygen atoms in total. The van der Waals surface area contributed by atoms with E-state index in [2.05, 4.69) is 6.92 Å². The second-order valence-electron chi connectivity index (χ2n) is 6.90. The fourth-order valence-electron chi connectivity index (χ4n) is 5.00. The number of carbonyl (C=O) groups is 2. The SMILES string of the molecule is C[C@@H]1C[C@H]2C(=O)CCC[C@H]2C12C[C@H](c1ccoc1)OC2=O. The highest BCUT2D eigenvalue weighted by molar-refractivity contribution is 5.87. The van der Waals surface area contributed by atoms with Gasteiger partial charge in [0.05, 0.1) is 17.9 Å². The Morgan fingerprint density at radius 3 is 2.95 bits per heavy atom. The molecule has 1 aliphatic heterocycles. The van der Waals surface area contributed by atoms with Gasteiger partial charge < -0.3 is 9.15 Å². The average Bonchev–Trinajstić information content (AvgIpc) is 3.14. The molecule has 2 saturated carbocycles. The van der Waals surface area contributed by atoms with Crippen molar-refractivity contribution in [2.45, 2.75) is 45.1 Å². The standard InChI is InChI=1S/C17H20O4/c1-10-7-12-13(3-2-4-14(12)18)17(10)8-15(21-16(17)19)11-5-6-20-9-11/h5-6,9-10,12-13,15H,2-4,7-8H2,1H3/t10-,12-,13-,15-,17?/m1/s1. The number of ether oxygens (including phenoxy) is 1. The molecule has 3 aliphatic rings. The van der Waals surface area contributed by atoms with Crippen molar-refractivity contribution in [3.05, 3.63) is 24.2 Å². The van der Waals surface area contributed by atoms with Crippen LogP contribution in [0.5, 0.6) is 0 Å². The van der Waals surface area contributed by atoms with Gasteiger partial charge in [-0.1, -0.05) is 6.92 Å². The summed E-state index contributed by atoms with van der Waals surface area (Å²) in [5.74, 6) is 0.736. The lowest BCUT2D eigenvalue weighted by Crippen LogP contribution is -2.39. The Labute approximate surface area is 123 Å². The first-order chi connectivity index (χ1) is 10.1. The molecule has 1 aromatic rings. The second kappa shape index (κ2) is 4.46. The highest BCUT2D eigenvalue weighted by Crippen LogP contribution is 2.62. The molecule has 4 heteroatoms. The summed E-state index contributed by atoms with van der Waals surface area (Å²) in [6.45, 7) is 2.12. The minimum absolute atomic E-state index is 0.0735. The Bertz CT molecular complexity index is 576. The summed E-state index contributed by atoms with van der Waals surface area (Å²) in [4.78, 5) is 24.9. The van der Waals surface area contributed by atoms with E-state index in [1.165, 1.54) is 0 Å². The van der Waals surface area contributed by atoms with E-state index in [0.717, 1.165) is 24.8 Å². The smallest absolute Gasteiger partial charge is 0.313 e. The molecule has 1 aromatic heterocycles. The lowest BCUT2D eigenvalue weighted by atomic mass is 9.65. The first-order valence-corrected chi connectivity index (χ1v) is 7.89. The fraction of sp³-hybridized carbons (Fsp3) is 0.647. The van der Waals surface area contributed by atoms with Crippen molar-refractivity contribution < 1.29 is 18.7 Å². The van der Waals surface area contributed by atoms with E-state index in [-0.39, 0.29) is 29.8 Å². The van der Waals surface area contributed by atoms with E-state index in [1.54, 1.807) is 12.5 Å². The van der Waals surface area contributed by atoms with Gasteiger partial charge in [0.1, 0.15) is 11.9 Å². The van der Waals surface area contributed by atoms with Crippen LogP contribution < -0.4 is 0 Å². The molecule has 1 saturated heterocycles. The van der Waals surface area contributed by atoms with E-state index in [0.29, 0.717) is 18.6 Å². The maximum atomic E-state index is 12.7. The topological polar surface area (TPSA) is 56.5 Å². The summed E-state index contributed by atoms with van der Waals surface area (Å²) >= 11 is 0. The van der Waals surface area contributed by atoms with Crippen LogP contribution in [0.3, 0.4) is 0 Å².